The van der Waals surface area contributed by atoms with Crippen LogP contribution in [0.3, 0.4) is 0 Å². The molecule has 8 heteroatoms. The van der Waals surface area contributed by atoms with Gasteiger partial charge in [-0.05, 0) is 37.1 Å². The van der Waals surface area contributed by atoms with Gasteiger partial charge >= 0.3 is 6.61 Å². The molecule has 1 aliphatic rings. The molecule has 0 aliphatic carbocycles. The predicted molar refractivity (Wildman–Crippen MR) is 93.0 cm³/mol. The molecule has 0 aromatic carbocycles. The number of aromatic nitrogens is 3. The average molecular weight is 360 g/mol. The highest BCUT2D eigenvalue weighted by Crippen LogP contribution is 2.32. The minimum atomic E-state index is -2.95. The molecular formula is C18H18F2N4O2. The first kappa shape index (κ1) is 16.7. The summed E-state index contributed by atoms with van der Waals surface area (Å²) in [6.07, 6.45) is 6.39. The predicted octanol–water partition coefficient (Wildman–Crippen LogP) is 3.87. The van der Waals surface area contributed by atoms with Gasteiger partial charge in [0, 0.05) is 37.1 Å². The van der Waals surface area contributed by atoms with Gasteiger partial charge in [0.25, 0.3) is 0 Å². The molecule has 0 radical (unpaired) electrons. The van der Waals surface area contributed by atoms with Crippen LogP contribution < -0.4 is 10.1 Å². The Morgan fingerprint density at radius 3 is 2.85 bits per heavy atom. The minimum absolute atomic E-state index is 0.152. The molecule has 0 bridgehead atoms. The maximum absolute atomic E-state index is 12.7. The summed E-state index contributed by atoms with van der Waals surface area (Å²) in [5.41, 5.74) is 2.11. The average Bonchev–Trinajstić information content (AvgIpc) is 2.97. The molecule has 6 nitrogen and oxygen atoms in total. The fraction of sp³-hybridized carbons (Fsp3) is 0.333. The topological polar surface area (TPSA) is 61.2 Å². The molecule has 4 heterocycles. The van der Waals surface area contributed by atoms with Gasteiger partial charge in [-0.2, -0.15) is 8.78 Å². The van der Waals surface area contributed by atoms with E-state index in [-0.39, 0.29) is 12.0 Å². The maximum Gasteiger partial charge on any atom is 0.388 e. The van der Waals surface area contributed by atoms with Crippen LogP contribution in [-0.2, 0) is 11.3 Å². The molecule has 1 fully saturated rings. The lowest BCUT2D eigenvalue weighted by atomic mass is 10.2. The number of halogens is 2. The van der Waals surface area contributed by atoms with Crippen molar-refractivity contribution in [3.05, 3.63) is 42.4 Å². The molecule has 26 heavy (non-hydrogen) atoms. The van der Waals surface area contributed by atoms with Crippen molar-refractivity contribution >= 4 is 22.4 Å². The maximum atomic E-state index is 12.7. The summed E-state index contributed by atoms with van der Waals surface area (Å²) >= 11 is 0. The van der Waals surface area contributed by atoms with Crippen molar-refractivity contribution in [1.82, 2.24) is 14.5 Å². The number of anilines is 2. The van der Waals surface area contributed by atoms with Gasteiger partial charge in [0.05, 0.1) is 11.6 Å². The lowest BCUT2D eigenvalue weighted by Gasteiger charge is -2.27. The lowest BCUT2D eigenvalue weighted by Crippen LogP contribution is -2.30. The number of pyridine rings is 2. The van der Waals surface area contributed by atoms with Gasteiger partial charge < -0.3 is 19.4 Å². The monoisotopic (exact) mass is 360 g/mol. The van der Waals surface area contributed by atoms with E-state index in [0.29, 0.717) is 11.5 Å². The first-order chi connectivity index (χ1) is 12.6. The van der Waals surface area contributed by atoms with E-state index in [9.17, 15) is 8.78 Å². The lowest BCUT2D eigenvalue weighted by molar-refractivity contribution is -0.0586. The second-order valence-corrected chi connectivity index (χ2v) is 6.15. The van der Waals surface area contributed by atoms with E-state index in [2.05, 4.69) is 24.6 Å². The van der Waals surface area contributed by atoms with Crippen LogP contribution in [0.15, 0.2) is 36.8 Å². The Hall–Kier alpha value is -2.74. The summed E-state index contributed by atoms with van der Waals surface area (Å²) < 4.78 is 37.5. The van der Waals surface area contributed by atoms with Crippen molar-refractivity contribution in [2.45, 2.75) is 32.6 Å². The molecule has 1 N–H and O–H groups in total. The fourth-order valence-electron chi connectivity index (χ4n) is 3.01. The fourth-order valence-corrected chi connectivity index (χ4v) is 3.01. The molecule has 1 aliphatic heterocycles. The number of hydrogen-bond acceptors (Lipinski definition) is 5. The molecule has 0 amide bonds. The second kappa shape index (κ2) is 6.87. The Kier molecular flexibility index (Phi) is 4.42. The van der Waals surface area contributed by atoms with Crippen molar-refractivity contribution in [2.75, 3.05) is 11.9 Å². The van der Waals surface area contributed by atoms with E-state index in [0.717, 1.165) is 36.0 Å². The van der Waals surface area contributed by atoms with Gasteiger partial charge in [0.15, 0.2) is 0 Å². The first-order valence-electron chi connectivity index (χ1n) is 8.34. The van der Waals surface area contributed by atoms with Crippen LogP contribution in [0.2, 0.25) is 0 Å². The SMILES string of the molecule is Cc1ccnc(OC(F)F)c1Nc1nccc2c1ccn2CC1CCO1. The van der Waals surface area contributed by atoms with Gasteiger partial charge in [-0.25, -0.2) is 9.97 Å². The van der Waals surface area contributed by atoms with E-state index >= 15 is 0 Å². The molecule has 1 atom stereocenters. The second-order valence-electron chi connectivity index (χ2n) is 6.15. The van der Waals surface area contributed by atoms with E-state index in [1.807, 2.05) is 18.3 Å². The third kappa shape index (κ3) is 3.20. The van der Waals surface area contributed by atoms with Crippen molar-refractivity contribution in [3.63, 3.8) is 0 Å². The van der Waals surface area contributed by atoms with Crippen LogP contribution in [0, 0.1) is 6.92 Å². The zero-order valence-electron chi connectivity index (χ0n) is 14.2. The number of aryl methyl sites for hydroxylation is 1. The van der Waals surface area contributed by atoms with Gasteiger partial charge in [-0.1, -0.05) is 0 Å². The van der Waals surface area contributed by atoms with Crippen molar-refractivity contribution in [3.8, 4) is 5.88 Å². The van der Waals surface area contributed by atoms with E-state index in [4.69, 9.17) is 4.74 Å². The summed E-state index contributed by atoms with van der Waals surface area (Å²) in [7, 11) is 0. The quantitative estimate of drug-likeness (QED) is 0.723. The number of nitrogens with zero attached hydrogens (tertiary/aromatic N) is 3. The minimum Gasteiger partial charge on any atom is -0.415 e. The first-order valence-corrected chi connectivity index (χ1v) is 8.34. The Morgan fingerprint density at radius 1 is 1.31 bits per heavy atom. The van der Waals surface area contributed by atoms with Crippen molar-refractivity contribution in [1.29, 1.82) is 0 Å². The Bertz CT molecular complexity index is 925. The normalized spacial score (nSPS) is 16.7. The van der Waals surface area contributed by atoms with Crippen LogP contribution in [-0.4, -0.2) is 33.9 Å². The highest BCUT2D eigenvalue weighted by atomic mass is 19.3. The van der Waals surface area contributed by atoms with Gasteiger partial charge in [0.1, 0.15) is 11.5 Å². The highest BCUT2D eigenvalue weighted by Gasteiger charge is 2.20. The number of ether oxygens (including phenoxy) is 2. The Morgan fingerprint density at radius 2 is 2.12 bits per heavy atom. The molecule has 3 aromatic heterocycles. The number of fused-ring (bicyclic) bond motifs is 1. The van der Waals surface area contributed by atoms with E-state index in [1.54, 1.807) is 19.2 Å². The zero-order chi connectivity index (χ0) is 18.1. The van der Waals surface area contributed by atoms with Crippen LogP contribution >= 0.6 is 0 Å². The van der Waals surface area contributed by atoms with Crippen LogP contribution in [0.5, 0.6) is 5.88 Å². The molecular weight excluding hydrogens is 342 g/mol. The Balaban J connectivity index is 1.68. The van der Waals surface area contributed by atoms with Crippen LogP contribution in [0.1, 0.15) is 12.0 Å². The van der Waals surface area contributed by atoms with Crippen LogP contribution in [0.4, 0.5) is 20.3 Å². The number of rotatable bonds is 6. The highest BCUT2D eigenvalue weighted by molar-refractivity contribution is 5.92. The summed E-state index contributed by atoms with van der Waals surface area (Å²) in [4.78, 5) is 8.27. The van der Waals surface area contributed by atoms with E-state index < -0.39 is 6.61 Å². The zero-order valence-corrected chi connectivity index (χ0v) is 14.2. The Labute approximate surface area is 148 Å². The molecule has 4 rings (SSSR count). The molecule has 1 unspecified atom stereocenters. The number of hydrogen-bond donors (Lipinski definition) is 1. The largest absolute Gasteiger partial charge is 0.415 e. The number of nitrogens with one attached hydrogen (secondary N) is 1. The molecule has 0 spiro atoms. The smallest absolute Gasteiger partial charge is 0.388 e. The summed E-state index contributed by atoms with van der Waals surface area (Å²) in [5.74, 6) is 0.409. The molecule has 3 aromatic rings. The molecule has 136 valence electrons. The standard InChI is InChI=1S/C18H18F2N4O2/c1-11-2-6-22-17(26-18(19)20)15(11)23-16-13-4-8-24(10-12-5-9-25-12)14(13)3-7-21-16/h2-4,6-8,12,18H,5,9-10H2,1H3,(H,21,23). The van der Waals surface area contributed by atoms with Gasteiger partial charge in [0.2, 0.25) is 5.88 Å². The summed E-state index contributed by atoms with van der Waals surface area (Å²) in [6.45, 7) is 0.434. The molecule has 1 saturated heterocycles. The summed E-state index contributed by atoms with van der Waals surface area (Å²) in [5, 5.41) is 3.99. The molecule has 0 saturated carbocycles. The van der Waals surface area contributed by atoms with Crippen molar-refractivity contribution < 1.29 is 18.3 Å². The van der Waals surface area contributed by atoms with Crippen LogP contribution in [0.25, 0.3) is 10.9 Å². The van der Waals surface area contributed by atoms with E-state index in [1.165, 1.54) is 6.20 Å². The third-order valence-corrected chi connectivity index (χ3v) is 4.46. The summed E-state index contributed by atoms with van der Waals surface area (Å²) in [6, 6.07) is 5.59. The van der Waals surface area contributed by atoms with Gasteiger partial charge in [-0.15, -0.1) is 0 Å². The van der Waals surface area contributed by atoms with Gasteiger partial charge in [-0.3, -0.25) is 0 Å². The number of alkyl halides is 2. The third-order valence-electron chi connectivity index (χ3n) is 4.46. The van der Waals surface area contributed by atoms with Crippen molar-refractivity contribution in [2.24, 2.45) is 0 Å².